The molecule has 1 aliphatic rings. The quantitative estimate of drug-likeness (QED) is 0.828. The summed E-state index contributed by atoms with van der Waals surface area (Å²) < 4.78 is 0. The van der Waals surface area contributed by atoms with Crippen LogP contribution in [0, 0.1) is 0 Å². The highest BCUT2D eigenvalue weighted by molar-refractivity contribution is 5.95. The first-order valence-electron chi connectivity index (χ1n) is 5.92. The van der Waals surface area contributed by atoms with Gasteiger partial charge in [0.15, 0.2) is 0 Å². The van der Waals surface area contributed by atoms with E-state index in [2.05, 4.69) is 0 Å². The molecule has 1 atom stereocenters. The molecule has 17 heavy (non-hydrogen) atoms. The van der Waals surface area contributed by atoms with Crippen molar-refractivity contribution in [2.45, 2.75) is 13.0 Å². The van der Waals surface area contributed by atoms with Crippen molar-refractivity contribution in [3.05, 3.63) is 29.8 Å². The number of rotatable bonds is 2. The van der Waals surface area contributed by atoms with Gasteiger partial charge < -0.3 is 10.6 Å². The van der Waals surface area contributed by atoms with Gasteiger partial charge in [0.05, 0.1) is 6.54 Å². The largest absolute Gasteiger partial charge is 0.324 e. The molecule has 0 aromatic heterocycles. The summed E-state index contributed by atoms with van der Waals surface area (Å²) in [7, 11) is 1.97. The predicted molar refractivity (Wildman–Crippen MR) is 68.9 cm³/mol. The van der Waals surface area contributed by atoms with E-state index in [0.717, 1.165) is 24.3 Å². The molecule has 1 aromatic rings. The molecule has 0 bridgehead atoms. The van der Waals surface area contributed by atoms with Crippen molar-refractivity contribution >= 4 is 11.6 Å². The van der Waals surface area contributed by atoms with Crippen LogP contribution in [0.3, 0.4) is 0 Å². The van der Waals surface area contributed by atoms with E-state index in [0.29, 0.717) is 6.54 Å². The summed E-state index contributed by atoms with van der Waals surface area (Å²) in [5.74, 6) is 0.153. The number of benzene rings is 1. The molecule has 0 aliphatic carbocycles. The number of hydrogen-bond donors (Lipinski definition) is 1. The van der Waals surface area contributed by atoms with Crippen molar-refractivity contribution in [3.63, 3.8) is 0 Å². The highest BCUT2D eigenvalue weighted by Crippen LogP contribution is 2.21. The van der Waals surface area contributed by atoms with E-state index >= 15 is 0 Å². The Morgan fingerprint density at radius 2 is 2.12 bits per heavy atom. The lowest BCUT2D eigenvalue weighted by atomic mass is 10.1. The summed E-state index contributed by atoms with van der Waals surface area (Å²) in [5, 5.41) is 0. The maximum atomic E-state index is 11.9. The first-order valence-corrected chi connectivity index (χ1v) is 5.92. The minimum absolute atomic E-state index is 0.00230. The number of carbonyl (C=O) groups excluding carboxylic acids is 1. The molecular formula is C13H19N3O. The van der Waals surface area contributed by atoms with Gasteiger partial charge in [0.2, 0.25) is 5.91 Å². The summed E-state index contributed by atoms with van der Waals surface area (Å²) in [4.78, 5) is 15.8. The van der Waals surface area contributed by atoms with Gasteiger partial charge in [-0.05, 0) is 31.7 Å². The van der Waals surface area contributed by atoms with Gasteiger partial charge in [0.1, 0.15) is 0 Å². The second-order valence-electron chi connectivity index (χ2n) is 4.67. The van der Waals surface area contributed by atoms with Crippen LogP contribution in [0.25, 0.3) is 0 Å². The van der Waals surface area contributed by atoms with E-state index in [-0.39, 0.29) is 11.9 Å². The van der Waals surface area contributed by atoms with Crippen LogP contribution in [-0.2, 0) is 4.79 Å². The maximum Gasteiger partial charge on any atom is 0.241 e. The number of amides is 1. The molecular weight excluding hydrogens is 214 g/mol. The summed E-state index contributed by atoms with van der Waals surface area (Å²) in [6.45, 7) is 4.10. The number of carbonyl (C=O) groups is 1. The second kappa shape index (κ2) is 4.85. The summed E-state index contributed by atoms with van der Waals surface area (Å²) in [6.07, 6.45) is 0. The zero-order valence-corrected chi connectivity index (χ0v) is 10.4. The van der Waals surface area contributed by atoms with Crippen LogP contribution in [0.15, 0.2) is 24.3 Å². The zero-order chi connectivity index (χ0) is 12.4. The third-order valence-electron chi connectivity index (χ3n) is 3.12. The normalized spacial score (nSPS) is 19.5. The van der Waals surface area contributed by atoms with Crippen LogP contribution in [-0.4, -0.2) is 37.5 Å². The lowest BCUT2D eigenvalue weighted by Crippen LogP contribution is -2.48. The molecule has 1 saturated heterocycles. The molecule has 4 heteroatoms. The van der Waals surface area contributed by atoms with Crippen molar-refractivity contribution in [1.82, 2.24) is 4.90 Å². The van der Waals surface area contributed by atoms with E-state index in [4.69, 9.17) is 5.73 Å². The van der Waals surface area contributed by atoms with E-state index in [1.807, 2.05) is 48.0 Å². The second-order valence-corrected chi connectivity index (χ2v) is 4.67. The van der Waals surface area contributed by atoms with Crippen LogP contribution >= 0.6 is 0 Å². The van der Waals surface area contributed by atoms with Crippen LogP contribution in [0.2, 0.25) is 0 Å². The van der Waals surface area contributed by atoms with Crippen LogP contribution < -0.4 is 10.6 Å². The third-order valence-corrected chi connectivity index (χ3v) is 3.12. The molecule has 1 aliphatic heterocycles. The Morgan fingerprint density at radius 1 is 1.35 bits per heavy atom. The number of nitrogens with two attached hydrogens (primary N) is 1. The Labute approximate surface area is 102 Å². The first-order chi connectivity index (χ1) is 8.08. The summed E-state index contributed by atoms with van der Waals surface area (Å²) in [6, 6.07) is 7.93. The molecule has 0 radical (unpaired) electrons. The zero-order valence-electron chi connectivity index (χ0n) is 10.4. The van der Waals surface area contributed by atoms with E-state index < -0.39 is 0 Å². The smallest absolute Gasteiger partial charge is 0.241 e. The third kappa shape index (κ3) is 2.65. The molecule has 92 valence electrons. The fourth-order valence-corrected chi connectivity index (χ4v) is 2.04. The van der Waals surface area contributed by atoms with Crippen LogP contribution in [0.1, 0.15) is 18.5 Å². The number of piperazine rings is 1. The van der Waals surface area contributed by atoms with Crippen molar-refractivity contribution in [1.29, 1.82) is 0 Å². The van der Waals surface area contributed by atoms with Gasteiger partial charge >= 0.3 is 0 Å². The average molecular weight is 233 g/mol. The van der Waals surface area contributed by atoms with Gasteiger partial charge in [0.25, 0.3) is 0 Å². The SMILES string of the molecule is CC(N)c1cccc(N2CCN(C)CC2=O)c1. The Morgan fingerprint density at radius 3 is 2.76 bits per heavy atom. The standard InChI is InChI=1S/C13H19N3O/c1-10(14)11-4-3-5-12(8-11)16-7-6-15(2)9-13(16)17/h3-5,8,10H,6-7,9,14H2,1-2H3. The molecule has 1 unspecified atom stereocenters. The van der Waals surface area contributed by atoms with Gasteiger partial charge in [-0.1, -0.05) is 12.1 Å². The molecule has 1 aromatic carbocycles. The van der Waals surface area contributed by atoms with Crippen LogP contribution in [0.5, 0.6) is 0 Å². The van der Waals surface area contributed by atoms with Gasteiger partial charge in [-0.2, -0.15) is 0 Å². The summed E-state index contributed by atoms with van der Waals surface area (Å²) >= 11 is 0. The fraction of sp³-hybridized carbons (Fsp3) is 0.462. The molecule has 0 spiro atoms. The Hall–Kier alpha value is -1.39. The Kier molecular flexibility index (Phi) is 3.45. The lowest BCUT2D eigenvalue weighted by molar-refractivity contribution is -0.120. The van der Waals surface area contributed by atoms with Gasteiger partial charge in [-0.25, -0.2) is 0 Å². The van der Waals surface area contributed by atoms with Crippen LogP contribution in [0.4, 0.5) is 5.69 Å². The van der Waals surface area contributed by atoms with Crippen molar-refractivity contribution in [3.8, 4) is 0 Å². The number of likely N-dealkylation sites (N-methyl/N-ethyl adjacent to an activating group) is 1. The van der Waals surface area contributed by atoms with Gasteiger partial charge in [0, 0.05) is 24.8 Å². The number of nitrogens with zero attached hydrogens (tertiary/aromatic N) is 2. The fourth-order valence-electron chi connectivity index (χ4n) is 2.04. The molecule has 1 amide bonds. The van der Waals surface area contributed by atoms with Gasteiger partial charge in [-0.3, -0.25) is 9.69 Å². The van der Waals surface area contributed by atoms with E-state index in [1.54, 1.807) is 0 Å². The van der Waals surface area contributed by atoms with Crippen molar-refractivity contribution < 1.29 is 4.79 Å². The van der Waals surface area contributed by atoms with Gasteiger partial charge in [-0.15, -0.1) is 0 Å². The minimum Gasteiger partial charge on any atom is -0.324 e. The molecule has 2 rings (SSSR count). The highest BCUT2D eigenvalue weighted by atomic mass is 16.2. The van der Waals surface area contributed by atoms with E-state index in [9.17, 15) is 4.79 Å². The minimum atomic E-state index is -0.00230. The maximum absolute atomic E-state index is 11.9. The Bertz CT molecular complexity index is 417. The first kappa shape index (κ1) is 12.1. The Balaban J connectivity index is 2.22. The van der Waals surface area contributed by atoms with E-state index in [1.165, 1.54) is 0 Å². The predicted octanol–water partition coefficient (Wildman–Crippen LogP) is 0.985. The van der Waals surface area contributed by atoms with Crippen molar-refractivity contribution in [2.75, 3.05) is 31.6 Å². The molecule has 0 saturated carbocycles. The monoisotopic (exact) mass is 233 g/mol. The summed E-state index contributed by atoms with van der Waals surface area (Å²) in [5.41, 5.74) is 7.88. The molecule has 1 fully saturated rings. The average Bonchev–Trinajstić information content (AvgIpc) is 2.29. The highest BCUT2D eigenvalue weighted by Gasteiger charge is 2.22. The topological polar surface area (TPSA) is 49.6 Å². The molecule has 1 heterocycles. The molecule has 4 nitrogen and oxygen atoms in total. The van der Waals surface area contributed by atoms with Crippen molar-refractivity contribution in [2.24, 2.45) is 5.73 Å². The lowest BCUT2D eigenvalue weighted by Gasteiger charge is -2.32. The number of anilines is 1. The molecule has 2 N–H and O–H groups in total. The number of hydrogen-bond acceptors (Lipinski definition) is 3.